The lowest BCUT2D eigenvalue weighted by Gasteiger charge is -2.05. The summed E-state index contributed by atoms with van der Waals surface area (Å²) < 4.78 is 4.70. The van der Waals surface area contributed by atoms with E-state index in [9.17, 15) is 19.2 Å². The highest BCUT2D eigenvalue weighted by molar-refractivity contribution is 6.03. The second-order valence-electron chi connectivity index (χ2n) is 3.94. The van der Waals surface area contributed by atoms with Gasteiger partial charge in [0, 0.05) is 5.39 Å². The van der Waals surface area contributed by atoms with E-state index in [1.807, 2.05) is 0 Å². The van der Waals surface area contributed by atoms with E-state index in [0.29, 0.717) is 5.39 Å². The number of aromatic amines is 1. The van der Waals surface area contributed by atoms with Gasteiger partial charge >= 0.3 is 12.0 Å². The molecule has 0 fully saturated rings. The second-order valence-corrected chi connectivity index (χ2v) is 3.94. The molecule has 0 bridgehead atoms. The molecule has 21 heavy (non-hydrogen) atoms. The van der Waals surface area contributed by atoms with Crippen LogP contribution in [0.25, 0.3) is 10.8 Å². The molecular formula is C12H10N4O5. The molecule has 0 radical (unpaired) electrons. The molecule has 2 rings (SSSR count). The summed E-state index contributed by atoms with van der Waals surface area (Å²) in [6.45, 7) is -0.698. The maximum absolute atomic E-state index is 11.9. The Morgan fingerprint density at radius 1 is 1.24 bits per heavy atom. The minimum atomic E-state index is -1.05. The first-order valence-corrected chi connectivity index (χ1v) is 5.73. The Labute approximate surface area is 117 Å². The van der Waals surface area contributed by atoms with Crippen LogP contribution in [0.5, 0.6) is 0 Å². The Balaban J connectivity index is 2.21. The third-order valence-corrected chi connectivity index (χ3v) is 2.49. The molecule has 1 heterocycles. The van der Waals surface area contributed by atoms with Crippen molar-refractivity contribution in [3.63, 3.8) is 0 Å². The number of urea groups is 1. The molecule has 0 aliphatic carbocycles. The van der Waals surface area contributed by atoms with E-state index in [1.54, 1.807) is 17.4 Å². The zero-order valence-corrected chi connectivity index (χ0v) is 10.6. The monoisotopic (exact) mass is 290 g/mol. The van der Waals surface area contributed by atoms with Gasteiger partial charge in [-0.3, -0.25) is 14.9 Å². The Hall–Kier alpha value is -3.23. The molecule has 9 nitrogen and oxygen atoms in total. The van der Waals surface area contributed by atoms with Gasteiger partial charge in [0.15, 0.2) is 12.3 Å². The fourth-order valence-electron chi connectivity index (χ4n) is 1.64. The van der Waals surface area contributed by atoms with Crippen molar-refractivity contribution >= 4 is 28.7 Å². The van der Waals surface area contributed by atoms with Gasteiger partial charge in [0.2, 0.25) is 0 Å². The normalized spacial score (nSPS) is 10.1. The number of primary amides is 1. The Kier molecular flexibility index (Phi) is 3.93. The number of benzene rings is 1. The van der Waals surface area contributed by atoms with Crippen LogP contribution in [-0.4, -0.2) is 34.7 Å². The molecule has 9 heteroatoms. The number of fused-ring (bicyclic) bond motifs is 1. The summed E-state index contributed by atoms with van der Waals surface area (Å²) in [5, 5.41) is 8.07. The highest BCUT2D eigenvalue weighted by Crippen LogP contribution is 2.13. The van der Waals surface area contributed by atoms with Gasteiger partial charge in [-0.25, -0.2) is 14.7 Å². The number of nitrogens with one attached hydrogen (secondary N) is 2. The van der Waals surface area contributed by atoms with Crippen LogP contribution in [0.4, 0.5) is 4.79 Å². The summed E-state index contributed by atoms with van der Waals surface area (Å²) in [7, 11) is 0. The van der Waals surface area contributed by atoms with Crippen molar-refractivity contribution in [2.24, 2.45) is 5.73 Å². The van der Waals surface area contributed by atoms with Crippen LogP contribution in [0, 0.1) is 0 Å². The quantitative estimate of drug-likeness (QED) is 0.636. The number of aromatic nitrogens is 2. The average Bonchev–Trinajstić information content (AvgIpc) is 2.45. The van der Waals surface area contributed by atoms with Crippen molar-refractivity contribution in [3.8, 4) is 0 Å². The maximum Gasteiger partial charge on any atom is 0.359 e. The molecule has 4 N–H and O–H groups in total. The summed E-state index contributed by atoms with van der Waals surface area (Å²) in [6.07, 6.45) is 0. The lowest BCUT2D eigenvalue weighted by atomic mass is 10.1. The Morgan fingerprint density at radius 2 is 1.90 bits per heavy atom. The van der Waals surface area contributed by atoms with Crippen molar-refractivity contribution < 1.29 is 19.1 Å². The first kappa shape index (κ1) is 14.2. The number of rotatable bonds is 3. The fraction of sp³-hybridized carbons (Fsp3) is 0.0833. The number of carbonyl (C=O) groups excluding carboxylic acids is 3. The van der Waals surface area contributed by atoms with Crippen molar-refractivity contribution in [3.05, 3.63) is 40.3 Å². The number of ether oxygens (including phenoxy) is 1. The molecule has 1 aromatic carbocycles. The summed E-state index contributed by atoms with van der Waals surface area (Å²) in [5.74, 6) is -1.79. The van der Waals surface area contributed by atoms with Gasteiger partial charge in [0.25, 0.3) is 11.5 Å². The van der Waals surface area contributed by atoms with E-state index < -0.39 is 30.1 Å². The molecule has 0 atom stereocenters. The summed E-state index contributed by atoms with van der Waals surface area (Å²) >= 11 is 0. The Bertz CT molecular complexity index is 783. The summed E-state index contributed by atoms with van der Waals surface area (Å²) in [6, 6.07) is 5.25. The fourth-order valence-corrected chi connectivity index (χ4v) is 1.64. The van der Waals surface area contributed by atoms with Crippen LogP contribution in [0.1, 0.15) is 10.5 Å². The van der Waals surface area contributed by atoms with Gasteiger partial charge in [-0.05, 0) is 6.07 Å². The topological polar surface area (TPSA) is 144 Å². The van der Waals surface area contributed by atoms with Gasteiger partial charge in [-0.1, -0.05) is 18.2 Å². The number of imide groups is 1. The zero-order chi connectivity index (χ0) is 15.4. The molecule has 2 aromatic rings. The smallest absolute Gasteiger partial charge is 0.359 e. The molecule has 1 aromatic heterocycles. The van der Waals surface area contributed by atoms with E-state index in [0.717, 1.165) is 0 Å². The van der Waals surface area contributed by atoms with E-state index in [1.165, 1.54) is 12.1 Å². The molecule has 0 saturated heterocycles. The molecule has 108 valence electrons. The van der Waals surface area contributed by atoms with Crippen LogP contribution in [0.3, 0.4) is 0 Å². The maximum atomic E-state index is 11.9. The molecule has 0 unspecified atom stereocenters. The number of carbonyl (C=O) groups is 3. The van der Waals surface area contributed by atoms with E-state index in [4.69, 9.17) is 10.5 Å². The lowest BCUT2D eigenvalue weighted by molar-refractivity contribution is -0.123. The number of H-pyrrole nitrogens is 1. The van der Waals surface area contributed by atoms with Crippen molar-refractivity contribution in [1.82, 2.24) is 15.5 Å². The lowest BCUT2D eigenvalue weighted by Crippen LogP contribution is -2.37. The predicted molar refractivity (Wildman–Crippen MR) is 70.4 cm³/mol. The van der Waals surface area contributed by atoms with Crippen LogP contribution in [0.15, 0.2) is 29.1 Å². The third kappa shape index (κ3) is 3.21. The van der Waals surface area contributed by atoms with Gasteiger partial charge in [-0.2, -0.15) is 5.10 Å². The van der Waals surface area contributed by atoms with E-state index >= 15 is 0 Å². The van der Waals surface area contributed by atoms with Gasteiger partial charge in [0.05, 0.1) is 5.39 Å². The predicted octanol–water partition coefficient (Wildman–Crippen LogP) is -0.725. The molecule has 0 spiro atoms. The highest BCUT2D eigenvalue weighted by atomic mass is 16.5. The molecular weight excluding hydrogens is 280 g/mol. The Morgan fingerprint density at radius 3 is 2.57 bits per heavy atom. The van der Waals surface area contributed by atoms with Gasteiger partial charge in [-0.15, -0.1) is 0 Å². The van der Waals surface area contributed by atoms with Crippen LogP contribution >= 0.6 is 0 Å². The third-order valence-electron chi connectivity index (χ3n) is 2.49. The number of nitrogens with zero attached hydrogens (tertiary/aromatic N) is 1. The first-order valence-electron chi connectivity index (χ1n) is 5.73. The molecule has 0 aliphatic heterocycles. The minimum Gasteiger partial charge on any atom is -0.451 e. The molecule has 3 amide bonds. The largest absolute Gasteiger partial charge is 0.451 e. The first-order chi connectivity index (χ1) is 9.99. The van der Waals surface area contributed by atoms with Gasteiger partial charge < -0.3 is 10.5 Å². The number of hydrogen-bond acceptors (Lipinski definition) is 6. The number of hydrogen-bond donors (Lipinski definition) is 3. The SMILES string of the molecule is NC(=O)NC(=O)COC(=O)c1n[nH]c(=O)c2ccccc12. The standard InChI is InChI=1S/C12H10N4O5/c13-12(20)14-8(17)5-21-11(19)9-6-3-1-2-4-7(6)10(18)16-15-9/h1-4H,5H2,(H,16,18)(H3,13,14,17,20). The van der Waals surface area contributed by atoms with Crippen LogP contribution in [-0.2, 0) is 9.53 Å². The van der Waals surface area contributed by atoms with Crippen molar-refractivity contribution in [2.75, 3.05) is 6.61 Å². The number of nitrogens with two attached hydrogens (primary N) is 1. The van der Waals surface area contributed by atoms with Crippen molar-refractivity contribution in [2.45, 2.75) is 0 Å². The van der Waals surface area contributed by atoms with Gasteiger partial charge in [0.1, 0.15) is 0 Å². The average molecular weight is 290 g/mol. The van der Waals surface area contributed by atoms with Crippen molar-refractivity contribution in [1.29, 1.82) is 0 Å². The second kappa shape index (κ2) is 5.82. The highest BCUT2D eigenvalue weighted by Gasteiger charge is 2.17. The van der Waals surface area contributed by atoms with Crippen LogP contribution < -0.4 is 16.6 Å². The zero-order valence-electron chi connectivity index (χ0n) is 10.6. The summed E-state index contributed by atoms with van der Waals surface area (Å²) in [5.41, 5.74) is 4.15. The van der Waals surface area contributed by atoms with E-state index in [-0.39, 0.29) is 11.1 Å². The molecule has 0 aliphatic rings. The summed E-state index contributed by atoms with van der Waals surface area (Å²) in [4.78, 5) is 45.0. The van der Waals surface area contributed by atoms with E-state index in [2.05, 4.69) is 10.2 Å². The molecule has 0 saturated carbocycles. The van der Waals surface area contributed by atoms with Crippen LogP contribution in [0.2, 0.25) is 0 Å². The number of esters is 1. The number of amides is 3. The minimum absolute atomic E-state index is 0.142.